The number of methoxy groups -OCH3 is 1. The highest BCUT2D eigenvalue weighted by Crippen LogP contribution is 2.20. The first-order valence-electron chi connectivity index (χ1n) is 7.52. The van der Waals surface area contributed by atoms with Gasteiger partial charge in [0.1, 0.15) is 6.07 Å². The maximum absolute atomic E-state index is 12.0. The van der Waals surface area contributed by atoms with E-state index in [1.54, 1.807) is 7.11 Å². The van der Waals surface area contributed by atoms with Crippen LogP contribution in [0.2, 0.25) is 0 Å². The van der Waals surface area contributed by atoms with Crippen LogP contribution in [0.3, 0.4) is 0 Å². The fourth-order valence-electron chi connectivity index (χ4n) is 2.52. The summed E-state index contributed by atoms with van der Waals surface area (Å²) in [5.74, 6) is 0. The highest BCUT2D eigenvalue weighted by Gasteiger charge is 2.22. The van der Waals surface area contributed by atoms with Crippen LogP contribution in [0.1, 0.15) is 12.0 Å². The Kier molecular flexibility index (Phi) is 6.04. The molecule has 0 unspecified atom stereocenters. The molecule has 1 aliphatic heterocycles. The molecule has 1 heterocycles. The quantitative estimate of drug-likeness (QED) is 0.835. The van der Waals surface area contributed by atoms with Crippen molar-refractivity contribution in [1.29, 1.82) is 5.26 Å². The predicted molar refractivity (Wildman–Crippen MR) is 84.8 cm³/mol. The molecule has 1 aliphatic rings. The number of carbonyl (C=O) groups excluding carboxylic acids is 1. The molecule has 1 saturated heterocycles. The maximum Gasteiger partial charge on any atom is 0.317 e. The lowest BCUT2D eigenvalue weighted by Gasteiger charge is -2.36. The van der Waals surface area contributed by atoms with Crippen LogP contribution < -0.4 is 10.2 Å². The van der Waals surface area contributed by atoms with E-state index in [0.717, 1.165) is 25.2 Å². The Morgan fingerprint density at radius 2 is 2.05 bits per heavy atom. The molecular formula is C16H22N4O2. The summed E-state index contributed by atoms with van der Waals surface area (Å²) in [4.78, 5) is 16.0. The molecule has 2 amide bonds. The zero-order chi connectivity index (χ0) is 15.8. The van der Waals surface area contributed by atoms with E-state index in [1.165, 1.54) is 0 Å². The predicted octanol–water partition coefficient (Wildman–Crippen LogP) is 1.43. The minimum Gasteiger partial charge on any atom is -0.385 e. The summed E-state index contributed by atoms with van der Waals surface area (Å²) in [6, 6.07) is 9.78. The van der Waals surface area contributed by atoms with E-state index in [4.69, 9.17) is 10.00 Å². The van der Waals surface area contributed by atoms with Crippen LogP contribution in [0.4, 0.5) is 10.5 Å². The standard InChI is InChI=1S/C16H22N4O2/c1-22-12-4-7-18-16(21)20-10-8-19(9-11-20)15-6-3-2-5-14(15)13-17/h2-3,5-6H,4,7-12H2,1H3,(H,18,21). The molecule has 0 saturated carbocycles. The lowest BCUT2D eigenvalue weighted by Crippen LogP contribution is -2.52. The first kappa shape index (κ1) is 16.1. The molecule has 118 valence electrons. The summed E-state index contributed by atoms with van der Waals surface area (Å²) in [6.07, 6.45) is 0.817. The van der Waals surface area contributed by atoms with Crippen molar-refractivity contribution in [3.63, 3.8) is 0 Å². The van der Waals surface area contributed by atoms with Crippen molar-refractivity contribution in [3.8, 4) is 6.07 Å². The Bertz CT molecular complexity index is 533. The Morgan fingerprint density at radius 3 is 2.73 bits per heavy atom. The first-order valence-corrected chi connectivity index (χ1v) is 7.52. The van der Waals surface area contributed by atoms with E-state index >= 15 is 0 Å². The van der Waals surface area contributed by atoms with E-state index < -0.39 is 0 Å². The number of nitrogens with one attached hydrogen (secondary N) is 1. The Balaban J connectivity index is 1.83. The number of piperazine rings is 1. The van der Waals surface area contributed by atoms with Gasteiger partial charge in [-0.25, -0.2) is 4.79 Å². The molecule has 0 spiro atoms. The highest BCUT2D eigenvalue weighted by molar-refractivity contribution is 5.74. The second kappa shape index (κ2) is 8.25. The molecule has 0 aromatic heterocycles. The van der Waals surface area contributed by atoms with E-state index in [-0.39, 0.29) is 6.03 Å². The average molecular weight is 302 g/mol. The van der Waals surface area contributed by atoms with Crippen LogP contribution in [0, 0.1) is 11.3 Å². The van der Waals surface area contributed by atoms with Gasteiger partial charge in [0.25, 0.3) is 0 Å². The maximum atomic E-state index is 12.0. The van der Waals surface area contributed by atoms with Gasteiger partial charge < -0.3 is 19.9 Å². The van der Waals surface area contributed by atoms with E-state index in [0.29, 0.717) is 31.8 Å². The number of rotatable bonds is 5. The van der Waals surface area contributed by atoms with Gasteiger partial charge in [-0.2, -0.15) is 5.26 Å². The lowest BCUT2D eigenvalue weighted by atomic mass is 10.1. The number of nitriles is 1. The van der Waals surface area contributed by atoms with Crippen molar-refractivity contribution in [3.05, 3.63) is 29.8 Å². The lowest BCUT2D eigenvalue weighted by molar-refractivity contribution is 0.183. The van der Waals surface area contributed by atoms with E-state index in [2.05, 4.69) is 16.3 Å². The SMILES string of the molecule is COCCCNC(=O)N1CCN(c2ccccc2C#N)CC1. The van der Waals surface area contributed by atoms with Gasteiger partial charge >= 0.3 is 6.03 Å². The molecule has 1 aromatic rings. The van der Waals surface area contributed by atoms with Crippen molar-refractivity contribution in [2.24, 2.45) is 0 Å². The molecule has 2 rings (SSSR count). The summed E-state index contributed by atoms with van der Waals surface area (Å²) >= 11 is 0. The number of urea groups is 1. The van der Waals surface area contributed by atoms with Gasteiger partial charge in [0, 0.05) is 46.4 Å². The highest BCUT2D eigenvalue weighted by atomic mass is 16.5. The molecule has 6 nitrogen and oxygen atoms in total. The molecule has 0 radical (unpaired) electrons. The fourth-order valence-corrected chi connectivity index (χ4v) is 2.52. The summed E-state index contributed by atoms with van der Waals surface area (Å²) < 4.78 is 4.96. The fraction of sp³-hybridized carbons (Fsp3) is 0.500. The molecule has 0 atom stereocenters. The van der Waals surface area contributed by atoms with Crippen molar-refractivity contribution in [2.75, 3.05) is 51.3 Å². The van der Waals surface area contributed by atoms with Crippen molar-refractivity contribution < 1.29 is 9.53 Å². The largest absolute Gasteiger partial charge is 0.385 e. The molecule has 1 aromatic carbocycles. The monoisotopic (exact) mass is 302 g/mol. The van der Waals surface area contributed by atoms with Crippen molar-refractivity contribution in [2.45, 2.75) is 6.42 Å². The second-order valence-electron chi connectivity index (χ2n) is 5.18. The van der Waals surface area contributed by atoms with Gasteiger partial charge in [-0.15, -0.1) is 0 Å². The van der Waals surface area contributed by atoms with Crippen LogP contribution in [-0.4, -0.2) is 57.4 Å². The number of amides is 2. The molecule has 0 bridgehead atoms. The average Bonchev–Trinajstić information content (AvgIpc) is 2.58. The third kappa shape index (κ3) is 4.12. The summed E-state index contributed by atoms with van der Waals surface area (Å²) in [6.45, 7) is 4.09. The zero-order valence-electron chi connectivity index (χ0n) is 12.9. The number of hydrogen-bond donors (Lipinski definition) is 1. The molecule has 1 N–H and O–H groups in total. The van der Waals surface area contributed by atoms with Crippen LogP contribution in [0.15, 0.2) is 24.3 Å². The normalized spacial score (nSPS) is 14.5. The van der Waals surface area contributed by atoms with E-state index in [1.807, 2.05) is 29.2 Å². The minimum atomic E-state index is -0.0238. The van der Waals surface area contributed by atoms with E-state index in [9.17, 15) is 4.79 Å². The van der Waals surface area contributed by atoms with Gasteiger partial charge in [-0.05, 0) is 18.6 Å². The van der Waals surface area contributed by atoms with Crippen LogP contribution >= 0.6 is 0 Å². The molecular weight excluding hydrogens is 280 g/mol. The number of benzene rings is 1. The molecule has 22 heavy (non-hydrogen) atoms. The number of ether oxygens (including phenoxy) is 1. The molecule has 6 heteroatoms. The number of hydrogen-bond acceptors (Lipinski definition) is 4. The summed E-state index contributed by atoms with van der Waals surface area (Å²) in [5.41, 5.74) is 1.63. The van der Waals surface area contributed by atoms with Crippen LogP contribution in [0.5, 0.6) is 0 Å². The number of nitrogens with zero attached hydrogens (tertiary/aromatic N) is 3. The Hall–Kier alpha value is -2.26. The summed E-state index contributed by atoms with van der Waals surface area (Å²) in [5, 5.41) is 12.1. The number of carbonyl (C=O) groups is 1. The Labute approximate surface area is 131 Å². The van der Waals surface area contributed by atoms with Gasteiger partial charge in [-0.1, -0.05) is 12.1 Å². The van der Waals surface area contributed by atoms with Crippen LogP contribution in [0.25, 0.3) is 0 Å². The van der Waals surface area contributed by atoms with Crippen LogP contribution in [-0.2, 0) is 4.74 Å². The van der Waals surface area contributed by atoms with Gasteiger partial charge in [0.05, 0.1) is 11.3 Å². The van der Waals surface area contributed by atoms with Gasteiger partial charge in [0.2, 0.25) is 0 Å². The Morgan fingerprint density at radius 1 is 1.32 bits per heavy atom. The zero-order valence-corrected chi connectivity index (χ0v) is 12.9. The first-order chi connectivity index (χ1) is 10.8. The smallest absolute Gasteiger partial charge is 0.317 e. The topological polar surface area (TPSA) is 68.6 Å². The van der Waals surface area contributed by atoms with Gasteiger partial charge in [0.15, 0.2) is 0 Å². The minimum absolute atomic E-state index is 0.0238. The number of anilines is 1. The third-order valence-electron chi connectivity index (χ3n) is 3.73. The van der Waals surface area contributed by atoms with Crippen molar-refractivity contribution >= 4 is 11.7 Å². The number of para-hydroxylation sites is 1. The van der Waals surface area contributed by atoms with Gasteiger partial charge in [-0.3, -0.25) is 0 Å². The van der Waals surface area contributed by atoms with Crippen molar-refractivity contribution in [1.82, 2.24) is 10.2 Å². The molecule has 0 aliphatic carbocycles. The second-order valence-corrected chi connectivity index (χ2v) is 5.18. The third-order valence-corrected chi connectivity index (χ3v) is 3.73. The summed E-state index contributed by atoms with van der Waals surface area (Å²) in [7, 11) is 1.65. The molecule has 1 fully saturated rings.